The average Bonchev–Trinajstić information content (AvgIpc) is 2.63. The van der Waals surface area contributed by atoms with Gasteiger partial charge in [0.15, 0.2) is 11.5 Å². The Morgan fingerprint density at radius 2 is 1.77 bits per heavy atom. The predicted octanol–water partition coefficient (Wildman–Crippen LogP) is 3.16. The third-order valence-electron chi connectivity index (χ3n) is 3.61. The van der Waals surface area contributed by atoms with E-state index in [1.165, 1.54) is 6.08 Å². The molecule has 0 bridgehead atoms. The molecule has 0 aliphatic heterocycles. The molecule has 0 radical (unpaired) electrons. The van der Waals surface area contributed by atoms with E-state index >= 15 is 0 Å². The Labute approximate surface area is 153 Å². The van der Waals surface area contributed by atoms with Gasteiger partial charge < -0.3 is 19.5 Å². The second-order valence-electron chi connectivity index (χ2n) is 5.42. The summed E-state index contributed by atoms with van der Waals surface area (Å²) in [6.45, 7) is 5.94. The van der Waals surface area contributed by atoms with Gasteiger partial charge in [0.1, 0.15) is 0 Å². The minimum Gasteiger partial charge on any atom is -0.493 e. The molecule has 0 unspecified atom stereocenters. The van der Waals surface area contributed by atoms with Gasteiger partial charge in [0, 0.05) is 6.08 Å². The molecule has 1 aromatic heterocycles. The smallest absolute Gasteiger partial charge is 0.316 e. The normalized spacial score (nSPS) is 10.7. The number of ether oxygens (including phenoxy) is 3. The van der Waals surface area contributed by atoms with E-state index in [-0.39, 0.29) is 5.91 Å². The Morgan fingerprint density at radius 1 is 1.12 bits per heavy atom. The Kier molecular flexibility index (Phi) is 6.54. The van der Waals surface area contributed by atoms with Gasteiger partial charge in [0.25, 0.3) is 0 Å². The SMILES string of the molecule is CCOc1nc(C)c(NC(=O)/C=C/c2ccc(OC)c(OC)c2)c(C)n1. The molecule has 0 aliphatic carbocycles. The maximum atomic E-state index is 12.2. The summed E-state index contributed by atoms with van der Waals surface area (Å²) in [6, 6.07) is 5.72. The highest BCUT2D eigenvalue weighted by Crippen LogP contribution is 2.28. The zero-order valence-corrected chi connectivity index (χ0v) is 15.6. The highest BCUT2D eigenvalue weighted by atomic mass is 16.5. The maximum absolute atomic E-state index is 12.2. The zero-order chi connectivity index (χ0) is 19.1. The van der Waals surface area contributed by atoms with Crippen LogP contribution in [0.1, 0.15) is 23.9 Å². The van der Waals surface area contributed by atoms with Crippen LogP contribution >= 0.6 is 0 Å². The molecule has 26 heavy (non-hydrogen) atoms. The van der Waals surface area contributed by atoms with Gasteiger partial charge in [-0.3, -0.25) is 4.79 Å². The van der Waals surface area contributed by atoms with Gasteiger partial charge in [0.05, 0.1) is 37.9 Å². The van der Waals surface area contributed by atoms with Crippen LogP contribution < -0.4 is 19.5 Å². The highest BCUT2D eigenvalue weighted by molar-refractivity contribution is 6.02. The van der Waals surface area contributed by atoms with Crippen molar-refractivity contribution in [3.63, 3.8) is 0 Å². The van der Waals surface area contributed by atoms with Crippen LogP contribution in [0.2, 0.25) is 0 Å². The minimum absolute atomic E-state index is 0.279. The first-order chi connectivity index (χ1) is 12.5. The lowest BCUT2D eigenvalue weighted by Gasteiger charge is -2.11. The standard InChI is InChI=1S/C19H23N3O4/c1-6-26-19-20-12(2)18(13(3)21-19)22-17(23)10-8-14-7-9-15(24-4)16(11-14)25-5/h7-11H,6H2,1-5H3,(H,22,23)/b10-8+. The van der Waals surface area contributed by atoms with Crippen molar-refractivity contribution in [3.8, 4) is 17.5 Å². The number of carbonyl (C=O) groups excluding carboxylic acids is 1. The lowest BCUT2D eigenvalue weighted by atomic mass is 10.2. The van der Waals surface area contributed by atoms with E-state index in [1.807, 2.05) is 13.0 Å². The summed E-state index contributed by atoms with van der Waals surface area (Å²) >= 11 is 0. The van der Waals surface area contributed by atoms with Crippen molar-refractivity contribution in [2.24, 2.45) is 0 Å². The molecule has 0 aliphatic rings. The molecule has 1 amide bonds. The van der Waals surface area contributed by atoms with E-state index < -0.39 is 0 Å². The fourth-order valence-corrected chi connectivity index (χ4v) is 2.35. The number of nitrogens with zero attached hydrogens (tertiary/aromatic N) is 2. The number of anilines is 1. The summed E-state index contributed by atoms with van der Waals surface area (Å²) < 4.78 is 15.8. The molecule has 0 saturated heterocycles. The quantitative estimate of drug-likeness (QED) is 0.767. The second kappa shape index (κ2) is 8.84. The van der Waals surface area contributed by atoms with E-state index in [4.69, 9.17) is 14.2 Å². The maximum Gasteiger partial charge on any atom is 0.316 e. The van der Waals surface area contributed by atoms with Crippen LogP contribution in [-0.4, -0.2) is 36.7 Å². The summed E-state index contributed by atoms with van der Waals surface area (Å²) in [4.78, 5) is 20.7. The van der Waals surface area contributed by atoms with Crippen LogP contribution in [0.3, 0.4) is 0 Å². The van der Waals surface area contributed by atoms with Gasteiger partial charge in [-0.1, -0.05) is 6.07 Å². The summed E-state index contributed by atoms with van der Waals surface area (Å²) in [5.74, 6) is 0.951. The van der Waals surface area contributed by atoms with Crippen molar-refractivity contribution in [2.75, 3.05) is 26.1 Å². The van der Waals surface area contributed by atoms with Crippen molar-refractivity contribution in [1.82, 2.24) is 9.97 Å². The number of hydrogen-bond donors (Lipinski definition) is 1. The van der Waals surface area contributed by atoms with Crippen LogP contribution in [0.25, 0.3) is 6.08 Å². The van der Waals surface area contributed by atoms with Crippen LogP contribution in [-0.2, 0) is 4.79 Å². The van der Waals surface area contributed by atoms with Crippen LogP contribution in [0, 0.1) is 13.8 Å². The molecule has 1 heterocycles. The molecule has 0 spiro atoms. The molecule has 1 aromatic carbocycles. The number of methoxy groups -OCH3 is 2. The van der Waals surface area contributed by atoms with Crippen LogP contribution in [0.15, 0.2) is 24.3 Å². The first kappa shape index (κ1) is 19.2. The number of aryl methyl sites for hydroxylation is 2. The van der Waals surface area contributed by atoms with Crippen LogP contribution in [0.5, 0.6) is 17.5 Å². The first-order valence-electron chi connectivity index (χ1n) is 8.17. The molecule has 2 rings (SSSR count). The van der Waals surface area contributed by atoms with Gasteiger partial charge in [-0.15, -0.1) is 0 Å². The molecule has 0 saturated carbocycles. The first-order valence-corrected chi connectivity index (χ1v) is 8.17. The van der Waals surface area contributed by atoms with E-state index in [0.29, 0.717) is 41.2 Å². The number of hydrogen-bond acceptors (Lipinski definition) is 6. The fourth-order valence-electron chi connectivity index (χ4n) is 2.35. The molecule has 2 aromatic rings. The van der Waals surface area contributed by atoms with E-state index in [2.05, 4.69) is 15.3 Å². The Balaban J connectivity index is 2.12. The molecule has 0 atom stereocenters. The van der Waals surface area contributed by atoms with Gasteiger partial charge in [-0.05, 0) is 44.5 Å². The molecule has 0 fully saturated rings. The molecular formula is C19H23N3O4. The van der Waals surface area contributed by atoms with Gasteiger partial charge in [-0.2, -0.15) is 9.97 Å². The summed E-state index contributed by atoms with van der Waals surface area (Å²) in [6.07, 6.45) is 3.13. The second-order valence-corrected chi connectivity index (χ2v) is 5.42. The number of benzene rings is 1. The Bertz CT molecular complexity index is 795. The van der Waals surface area contributed by atoms with E-state index in [1.54, 1.807) is 46.3 Å². The average molecular weight is 357 g/mol. The fraction of sp³-hybridized carbons (Fsp3) is 0.316. The lowest BCUT2D eigenvalue weighted by molar-refractivity contribution is -0.111. The van der Waals surface area contributed by atoms with Gasteiger partial charge in [0.2, 0.25) is 5.91 Å². The van der Waals surface area contributed by atoms with Crippen molar-refractivity contribution in [1.29, 1.82) is 0 Å². The monoisotopic (exact) mass is 357 g/mol. The van der Waals surface area contributed by atoms with Crippen LogP contribution in [0.4, 0.5) is 5.69 Å². The molecule has 1 N–H and O–H groups in total. The minimum atomic E-state index is -0.279. The number of rotatable bonds is 7. The number of amides is 1. The topological polar surface area (TPSA) is 82.6 Å². The van der Waals surface area contributed by atoms with Crippen molar-refractivity contribution < 1.29 is 19.0 Å². The number of carbonyl (C=O) groups is 1. The van der Waals surface area contributed by atoms with E-state index in [0.717, 1.165) is 5.56 Å². The molecule has 138 valence electrons. The van der Waals surface area contributed by atoms with E-state index in [9.17, 15) is 4.79 Å². The number of aromatic nitrogens is 2. The third kappa shape index (κ3) is 4.72. The third-order valence-corrected chi connectivity index (χ3v) is 3.61. The Hall–Kier alpha value is -3.09. The predicted molar refractivity (Wildman–Crippen MR) is 99.9 cm³/mol. The summed E-state index contributed by atoms with van der Waals surface area (Å²) in [5, 5.41) is 2.81. The molecular weight excluding hydrogens is 334 g/mol. The summed E-state index contributed by atoms with van der Waals surface area (Å²) in [5.41, 5.74) is 2.69. The van der Waals surface area contributed by atoms with Gasteiger partial charge >= 0.3 is 6.01 Å². The number of nitrogens with one attached hydrogen (secondary N) is 1. The summed E-state index contributed by atoms with van der Waals surface area (Å²) in [7, 11) is 3.14. The van der Waals surface area contributed by atoms with Crippen molar-refractivity contribution in [2.45, 2.75) is 20.8 Å². The van der Waals surface area contributed by atoms with Crippen molar-refractivity contribution >= 4 is 17.7 Å². The molecule has 7 nitrogen and oxygen atoms in total. The van der Waals surface area contributed by atoms with Crippen molar-refractivity contribution in [3.05, 3.63) is 41.2 Å². The molecule has 7 heteroatoms. The van der Waals surface area contributed by atoms with Gasteiger partial charge in [-0.25, -0.2) is 0 Å². The lowest BCUT2D eigenvalue weighted by Crippen LogP contribution is -2.13. The Morgan fingerprint density at radius 3 is 2.35 bits per heavy atom. The highest BCUT2D eigenvalue weighted by Gasteiger charge is 2.11. The largest absolute Gasteiger partial charge is 0.493 e. The zero-order valence-electron chi connectivity index (χ0n) is 15.6.